The van der Waals surface area contributed by atoms with Gasteiger partial charge in [0.25, 0.3) is 0 Å². The lowest BCUT2D eigenvalue weighted by Gasteiger charge is -2.33. The number of pyridine rings is 1. The second-order valence-electron chi connectivity index (χ2n) is 7.49. The number of anilines is 1. The summed E-state index contributed by atoms with van der Waals surface area (Å²) in [7, 11) is 0. The average molecular weight is 388 g/mol. The number of nitriles is 1. The fraction of sp³-hybridized carbons (Fsp3) is 0.579. The van der Waals surface area contributed by atoms with Crippen molar-refractivity contribution in [3.8, 4) is 6.07 Å². The van der Waals surface area contributed by atoms with Crippen molar-refractivity contribution >= 4 is 22.7 Å². The van der Waals surface area contributed by atoms with Crippen molar-refractivity contribution in [1.29, 1.82) is 10.7 Å². The van der Waals surface area contributed by atoms with Gasteiger partial charge in [-0.1, -0.05) is 0 Å². The fourth-order valence-electron chi connectivity index (χ4n) is 4.08. The summed E-state index contributed by atoms with van der Waals surface area (Å²) in [5.41, 5.74) is 1.45. The topological polar surface area (TPSA) is 90.8 Å². The Labute approximate surface area is 161 Å². The molecule has 0 radical (unpaired) electrons. The van der Waals surface area contributed by atoms with Crippen LogP contribution in [0.15, 0.2) is 12.3 Å². The standard InChI is InChI=1S/C19H22F2N6O/c1-12(23)27-18-16(10-24-27)15(13-2-4-19(20,21)5-3-13)8-17(25-18)26-6-7-28-11-14(26)9-22/h8,10,13-14,23H,2-7,11H2,1H3/t14-/m1/s1. The number of rotatable bonds is 2. The Morgan fingerprint density at radius 3 is 2.82 bits per heavy atom. The van der Waals surface area contributed by atoms with Gasteiger partial charge in [0.1, 0.15) is 17.7 Å². The summed E-state index contributed by atoms with van der Waals surface area (Å²) in [5, 5.41) is 22.5. The third-order valence-corrected chi connectivity index (χ3v) is 5.61. The van der Waals surface area contributed by atoms with Gasteiger partial charge in [0.15, 0.2) is 5.65 Å². The Kier molecular flexibility index (Phi) is 4.75. The maximum atomic E-state index is 13.7. The number of hydrogen-bond acceptors (Lipinski definition) is 6. The molecule has 3 heterocycles. The summed E-state index contributed by atoms with van der Waals surface area (Å²) < 4.78 is 34.2. The summed E-state index contributed by atoms with van der Waals surface area (Å²) in [6.45, 7) is 2.93. The molecule has 0 unspecified atom stereocenters. The van der Waals surface area contributed by atoms with Gasteiger partial charge in [-0.3, -0.25) is 5.41 Å². The van der Waals surface area contributed by atoms with Crippen molar-refractivity contribution < 1.29 is 13.5 Å². The maximum absolute atomic E-state index is 13.7. The molecule has 28 heavy (non-hydrogen) atoms. The molecule has 2 aromatic heterocycles. The first-order chi connectivity index (χ1) is 13.4. The first-order valence-electron chi connectivity index (χ1n) is 9.45. The number of halogens is 2. The Hall–Kier alpha value is -2.60. The van der Waals surface area contributed by atoms with E-state index in [4.69, 9.17) is 15.1 Å². The van der Waals surface area contributed by atoms with Crippen LogP contribution in [0.4, 0.5) is 14.6 Å². The maximum Gasteiger partial charge on any atom is 0.248 e. The summed E-state index contributed by atoms with van der Waals surface area (Å²) in [5.74, 6) is -1.79. The summed E-state index contributed by atoms with van der Waals surface area (Å²) >= 11 is 0. The molecule has 9 heteroatoms. The van der Waals surface area contributed by atoms with Crippen molar-refractivity contribution in [2.24, 2.45) is 0 Å². The van der Waals surface area contributed by atoms with Crippen LogP contribution in [0.25, 0.3) is 11.0 Å². The summed E-state index contributed by atoms with van der Waals surface area (Å²) in [6, 6.07) is 3.69. The number of morpholine rings is 1. The highest BCUT2D eigenvalue weighted by atomic mass is 19.3. The molecule has 1 aliphatic heterocycles. The third kappa shape index (κ3) is 3.33. The van der Waals surface area contributed by atoms with Gasteiger partial charge in [0.05, 0.1) is 25.5 Å². The predicted molar refractivity (Wildman–Crippen MR) is 100 cm³/mol. The number of nitrogens with one attached hydrogen (secondary N) is 1. The Morgan fingerprint density at radius 1 is 1.39 bits per heavy atom. The highest BCUT2D eigenvalue weighted by Crippen LogP contribution is 2.43. The van der Waals surface area contributed by atoms with Gasteiger partial charge in [-0.2, -0.15) is 10.4 Å². The lowest BCUT2D eigenvalue weighted by molar-refractivity contribution is -0.0381. The summed E-state index contributed by atoms with van der Waals surface area (Å²) in [6.07, 6.45) is 2.18. The quantitative estimate of drug-likeness (QED) is 0.630. The van der Waals surface area contributed by atoms with E-state index >= 15 is 0 Å². The van der Waals surface area contributed by atoms with Crippen LogP contribution < -0.4 is 4.90 Å². The monoisotopic (exact) mass is 388 g/mol. The van der Waals surface area contributed by atoms with Crippen LogP contribution in [0.5, 0.6) is 0 Å². The van der Waals surface area contributed by atoms with Crippen LogP contribution in [0.3, 0.4) is 0 Å². The Morgan fingerprint density at radius 2 is 2.14 bits per heavy atom. The number of hydrogen-bond donors (Lipinski definition) is 1. The lowest BCUT2D eigenvalue weighted by atomic mass is 9.81. The van der Waals surface area contributed by atoms with Crippen LogP contribution >= 0.6 is 0 Å². The molecular weight excluding hydrogens is 366 g/mol. The number of ether oxygens (including phenoxy) is 1. The van der Waals surface area contributed by atoms with Gasteiger partial charge in [0.2, 0.25) is 5.92 Å². The van der Waals surface area contributed by atoms with Crippen molar-refractivity contribution in [2.75, 3.05) is 24.7 Å². The van der Waals surface area contributed by atoms with E-state index in [9.17, 15) is 14.0 Å². The van der Waals surface area contributed by atoms with Gasteiger partial charge in [-0.25, -0.2) is 18.4 Å². The first-order valence-corrected chi connectivity index (χ1v) is 9.45. The molecule has 1 atom stereocenters. The van der Waals surface area contributed by atoms with Crippen LogP contribution in [0.1, 0.15) is 44.1 Å². The van der Waals surface area contributed by atoms with E-state index in [1.54, 1.807) is 13.1 Å². The highest BCUT2D eigenvalue weighted by molar-refractivity contribution is 5.91. The molecule has 1 aliphatic carbocycles. The van der Waals surface area contributed by atoms with Crippen LogP contribution in [0, 0.1) is 16.7 Å². The number of aromatic nitrogens is 3. The van der Waals surface area contributed by atoms with Crippen molar-refractivity contribution in [3.05, 3.63) is 17.8 Å². The van der Waals surface area contributed by atoms with E-state index in [2.05, 4.69) is 11.2 Å². The van der Waals surface area contributed by atoms with E-state index in [1.807, 2.05) is 11.0 Å². The number of nitrogens with zero attached hydrogens (tertiary/aromatic N) is 5. The van der Waals surface area contributed by atoms with Gasteiger partial charge in [0, 0.05) is 24.8 Å². The molecule has 1 saturated carbocycles. The van der Waals surface area contributed by atoms with Crippen molar-refractivity contribution in [2.45, 2.75) is 50.5 Å². The normalized spacial score (nSPS) is 22.9. The molecule has 1 saturated heterocycles. The predicted octanol–water partition coefficient (Wildman–Crippen LogP) is 3.30. The second kappa shape index (κ2) is 7.09. The van der Waals surface area contributed by atoms with E-state index in [0.29, 0.717) is 44.1 Å². The van der Waals surface area contributed by atoms with E-state index in [-0.39, 0.29) is 24.6 Å². The zero-order chi connectivity index (χ0) is 19.9. The molecular formula is C19H22F2N6O. The molecule has 2 fully saturated rings. The van der Waals surface area contributed by atoms with Crippen LogP contribution in [-0.4, -0.2) is 52.3 Å². The minimum absolute atomic E-state index is 0.0193. The minimum atomic E-state index is -2.60. The molecule has 0 spiro atoms. The van der Waals surface area contributed by atoms with Crippen molar-refractivity contribution in [3.63, 3.8) is 0 Å². The second-order valence-corrected chi connectivity index (χ2v) is 7.49. The number of fused-ring (bicyclic) bond motifs is 1. The SMILES string of the molecule is CC(=N)n1ncc2c(C3CCC(F)(F)CC3)cc(N3CCOC[C@H]3C#N)nc21. The van der Waals surface area contributed by atoms with Gasteiger partial charge in [-0.05, 0) is 37.3 Å². The molecule has 4 rings (SSSR count). The van der Waals surface area contributed by atoms with Crippen LogP contribution in [-0.2, 0) is 4.74 Å². The van der Waals surface area contributed by atoms with Crippen LogP contribution in [0.2, 0.25) is 0 Å². The minimum Gasteiger partial charge on any atom is -0.376 e. The molecule has 0 amide bonds. The molecule has 0 aromatic carbocycles. The summed E-state index contributed by atoms with van der Waals surface area (Å²) in [4.78, 5) is 6.58. The molecule has 2 aliphatic rings. The number of alkyl halides is 2. The molecule has 7 nitrogen and oxygen atoms in total. The smallest absolute Gasteiger partial charge is 0.248 e. The average Bonchev–Trinajstić information content (AvgIpc) is 3.11. The van der Waals surface area contributed by atoms with E-state index in [1.165, 1.54) is 4.68 Å². The van der Waals surface area contributed by atoms with E-state index in [0.717, 1.165) is 10.9 Å². The fourth-order valence-corrected chi connectivity index (χ4v) is 4.08. The lowest BCUT2D eigenvalue weighted by Crippen LogP contribution is -2.45. The Balaban J connectivity index is 1.81. The first kappa shape index (κ1) is 18.7. The van der Waals surface area contributed by atoms with Gasteiger partial charge >= 0.3 is 0 Å². The zero-order valence-corrected chi connectivity index (χ0v) is 15.7. The van der Waals surface area contributed by atoms with E-state index < -0.39 is 12.0 Å². The van der Waals surface area contributed by atoms with Crippen molar-refractivity contribution in [1.82, 2.24) is 14.8 Å². The molecule has 2 aromatic rings. The van der Waals surface area contributed by atoms with Gasteiger partial charge in [-0.15, -0.1) is 0 Å². The molecule has 148 valence electrons. The molecule has 1 N–H and O–H groups in total. The zero-order valence-electron chi connectivity index (χ0n) is 15.7. The highest BCUT2D eigenvalue weighted by Gasteiger charge is 2.36. The molecule has 0 bridgehead atoms. The largest absolute Gasteiger partial charge is 0.376 e. The third-order valence-electron chi connectivity index (χ3n) is 5.61. The Bertz CT molecular complexity index is 940. The van der Waals surface area contributed by atoms with Gasteiger partial charge < -0.3 is 9.64 Å².